The first kappa shape index (κ1) is 8.92. The van der Waals surface area contributed by atoms with Crippen LogP contribution in [0.15, 0.2) is 18.2 Å². The summed E-state index contributed by atoms with van der Waals surface area (Å²) in [6.45, 7) is 2.89. The van der Waals surface area contributed by atoms with Crippen LogP contribution >= 0.6 is 11.3 Å². The summed E-state index contributed by atoms with van der Waals surface area (Å²) in [6.07, 6.45) is 0.953. The Hall–Kier alpha value is -1.35. The maximum absolute atomic E-state index is 11.8. The average Bonchev–Trinajstić information content (AvgIpc) is 2.43. The van der Waals surface area contributed by atoms with E-state index >= 15 is 0 Å². The Balaban J connectivity index is 2.47. The van der Waals surface area contributed by atoms with Gasteiger partial charge in [-0.2, -0.15) is 0 Å². The summed E-state index contributed by atoms with van der Waals surface area (Å²) >= 11 is 1.79. The van der Waals surface area contributed by atoms with Crippen molar-refractivity contribution in [1.29, 1.82) is 0 Å². The molecule has 3 rings (SSSR count). The molecule has 0 unspecified atom stereocenters. The van der Waals surface area contributed by atoms with E-state index in [4.69, 9.17) is 0 Å². The first-order valence-corrected chi connectivity index (χ1v) is 5.88. The number of hydrogen-bond donors (Lipinski definition) is 1. The van der Waals surface area contributed by atoms with E-state index in [0.29, 0.717) is 0 Å². The zero-order valence-corrected chi connectivity index (χ0v) is 9.28. The van der Waals surface area contributed by atoms with Crippen molar-refractivity contribution in [3.8, 4) is 0 Å². The van der Waals surface area contributed by atoms with Gasteiger partial charge in [-0.1, -0.05) is 6.07 Å². The molecule has 2 heterocycles. The van der Waals surface area contributed by atoms with Gasteiger partial charge in [0.25, 0.3) is 5.91 Å². The lowest BCUT2D eigenvalue weighted by atomic mass is 10.0. The minimum absolute atomic E-state index is 0.0668. The minimum Gasteiger partial charge on any atom is -0.352 e. The van der Waals surface area contributed by atoms with Gasteiger partial charge >= 0.3 is 0 Å². The van der Waals surface area contributed by atoms with E-state index in [-0.39, 0.29) is 5.91 Å². The molecule has 1 aromatic heterocycles. The van der Waals surface area contributed by atoms with E-state index in [1.54, 1.807) is 11.3 Å². The van der Waals surface area contributed by atoms with Crippen molar-refractivity contribution in [3.05, 3.63) is 34.2 Å². The topological polar surface area (TPSA) is 29.1 Å². The fourth-order valence-corrected chi connectivity index (χ4v) is 3.36. The van der Waals surface area contributed by atoms with E-state index in [1.807, 2.05) is 12.1 Å². The summed E-state index contributed by atoms with van der Waals surface area (Å²) in [5.41, 5.74) is 2.19. The number of aryl methyl sites for hydroxylation is 1. The van der Waals surface area contributed by atoms with Crippen LogP contribution in [-0.4, -0.2) is 12.5 Å². The molecule has 1 aromatic carbocycles. The third kappa shape index (κ3) is 1.20. The summed E-state index contributed by atoms with van der Waals surface area (Å²) < 4.78 is 1.23. The van der Waals surface area contributed by atoms with Gasteiger partial charge in [0.05, 0.1) is 0 Å². The lowest BCUT2D eigenvalue weighted by molar-refractivity contribution is 0.0957. The highest BCUT2D eigenvalue weighted by Crippen LogP contribution is 2.34. The van der Waals surface area contributed by atoms with Gasteiger partial charge in [-0.25, -0.2) is 0 Å². The quantitative estimate of drug-likeness (QED) is 0.721. The lowest BCUT2D eigenvalue weighted by Crippen LogP contribution is -2.23. The minimum atomic E-state index is 0.0668. The van der Waals surface area contributed by atoms with Crippen LogP contribution in [0.4, 0.5) is 0 Å². The van der Waals surface area contributed by atoms with Crippen LogP contribution in [0, 0.1) is 6.92 Å². The molecule has 0 radical (unpaired) electrons. The summed E-state index contributed by atoms with van der Waals surface area (Å²) in [7, 11) is 0. The zero-order valence-electron chi connectivity index (χ0n) is 8.46. The Kier molecular flexibility index (Phi) is 1.83. The second kappa shape index (κ2) is 3.07. The molecule has 1 aliphatic heterocycles. The largest absolute Gasteiger partial charge is 0.352 e. The first-order chi connectivity index (χ1) is 7.27. The smallest absolute Gasteiger partial charge is 0.251 e. The monoisotopic (exact) mass is 217 g/mol. The van der Waals surface area contributed by atoms with E-state index in [2.05, 4.69) is 18.3 Å². The molecule has 0 spiro atoms. The highest BCUT2D eigenvalue weighted by atomic mass is 32.1. The van der Waals surface area contributed by atoms with E-state index in [0.717, 1.165) is 18.5 Å². The predicted octanol–water partition coefficient (Wildman–Crippen LogP) is 2.50. The molecular weight excluding hydrogens is 206 g/mol. The number of amides is 1. The molecule has 1 amide bonds. The van der Waals surface area contributed by atoms with Crippen LogP contribution in [0.2, 0.25) is 0 Å². The second-order valence-electron chi connectivity index (χ2n) is 3.82. The van der Waals surface area contributed by atoms with E-state index in [9.17, 15) is 4.79 Å². The summed E-state index contributed by atoms with van der Waals surface area (Å²) in [4.78, 5) is 13.1. The number of thiophene rings is 1. The Labute approximate surface area is 91.9 Å². The van der Waals surface area contributed by atoms with Crippen LogP contribution in [0.1, 0.15) is 20.8 Å². The molecule has 1 N–H and O–H groups in total. The Morgan fingerprint density at radius 3 is 3.13 bits per heavy atom. The summed E-state index contributed by atoms with van der Waals surface area (Å²) in [5.74, 6) is 0.0668. The van der Waals surface area contributed by atoms with Crippen LogP contribution in [0.25, 0.3) is 10.1 Å². The first-order valence-electron chi connectivity index (χ1n) is 5.06. The van der Waals surface area contributed by atoms with Gasteiger partial charge in [-0.3, -0.25) is 4.79 Å². The SMILES string of the molecule is Cc1sc2cccc3c2c1CCNC3=O. The number of nitrogens with one attached hydrogen (secondary N) is 1. The third-order valence-electron chi connectivity index (χ3n) is 2.92. The highest BCUT2D eigenvalue weighted by Gasteiger charge is 2.19. The van der Waals surface area contributed by atoms with Gasteiger partial charge in [0.1, 0.15) is 0 Å². The standard InChI is InChI=1S/C12H11NOS/c1-7-8-5-6-13-12(14)9-3-2-4-10(15-7)11(8)9/h2-4H,5-6H2,1H3,(H,13,14). The van der Waals surface area contributed by atoms with E-state index < -0.39 is 0 Å². The van der Waals surface area contributed by atoms with Gasteiger partial charge in [0, 0.05) is 27.1 Å². The summed E-state index contributed by atoms with van der Waals surface area (Å²) in [5, 5.41) is 4.11. The molecule has 1 aliphatic rings. The van der Waals surface area contributed by atoms with Crippen molar-refractivity contribution in [3.63, 3.8) is 0 Å². The van der Waals surface area contributed by atoms with Crippen molar-refractivity contribution in [2.24, 2.45) is 0 Å². The number of carbonyl (C=O) groups is 1. The second-order valence-corrected chi connectivity index (χ2v) is 5.08. The highest BCUT2D eigenvalue weighted by molar-refractivity contribution is 7.19. The van der Waals surface area contributed by atoms with Crippen molar-refractivity contribution in [2.45, 2.75) is 13.3 Å². The fourth-order valence-electron chi connectivity index (χ4n) is 2.22. The number of carbonyl (C=O) groups excluding carboxylic acids is 1. The molecule has 0 saturated heterocycles. The van der Waals surface area contributed by atoms with Crippen molar-refractivity contribution >= 4 is 27.3 Å². The maximum Gasteiger partial charge on any atom is 0.251 e. The number of hydrogen-bond acceptors (Lipinski definition) is 2. The zero-order chi connectivity index (χ0) is 10.4. The van der Waals surface area contributed by atoms with Crippen molar-refractivity contribution in [2.75, 3.05) is 6.54 Å². The number of benzene rings is 1. The Bertz CT molecular complexity index is 556. The molecule has 2 nitrogen and oxygen atoms in total. The fraction of sp³-hybridized carbons (Fsp3) is 0.250. The van der Waals surface area contributed by atoms with Crippen LogP contribution in [0.3, 0.4) is 0 Å². The van der Waals surface area contributed by atoms with Crippen molar-refractivity contribution in [1.82, 2.24) is 5.32 Å². The number of rotatable bonds is 0. The van der Waals surface area contributed by atoms with Crippen LogP contribution in [0.5, 0.6) is 0 Å². The molecule has 0 aliphatic carbocycles. The molecule has 3 heteroatoms. The van der Waals surface area contributed by atoms with Gasteiger partial charge in [0.15, 0.2) is 0 Å². The van der Waals surface area contributed by atoms with Gasteiger partial charge in [-0.15, -0.1) is 11.3 Å². The Morgan fingerprint density at radius 1 is 1.40 bits per heavy atom. The van der Waals surface area contributed by atoms with Crippen LogP contribution in [-0.2, 0) is 6.42 Å². The average molecular weight is 217 g/mol. The lowest BCUT2D eigenvalue weighted by Gasteiger charge is -2.00. The van der Waals surface area contributed by atoms with Crippen molar-refractivity contribution < 1.29 is 4.79 Å². The molecule has 0 saturated carbocycles. The van der Waals surface area contributed by atoms with Gasteiger partial charge < -0.3 is 5.32 Å². The molecule has 76 valence electrons. The molecule has 0 fully saturated rings. The van der Waals surface area contributed by atoms with Crippen LogP contribution < -0.4 is 5.32 Å². The third-order valence-corrected chi connectivity index (χ3v) is 4.03. The molecule has 0 atom stereocenters. The normalized spacial score (nSPS) is 15.1. The van der Waals surface area contributed by atoms with Gasteiger partial charge in [0.2, 0.25) is 0 Å². The maximum atomic E-state index is 11.8. The van der Waals surface area contributed by atoms with Gasteiger partial charge in [-0.05, 0) is 31.0 Å². The predicted molar refractivity (Wildman–Crippen MR) is 62.6 cm³/mol. The molecule has 0 bridgehead atoms. The molecule has 2 aromatic rings. The molecule has 15 heavy (non-hydrogen) atoms. The summed E-state index contributed by atoms with van der Waals surface area (Å²) in [6, 6.07) is 5.97. The van der Waals surface area contributed by atoms with E-state index in [1.165, 1.54) is 20.5 Å². The molecular formula is C12H11NOS. The Morgan fingerprint density at radius 2 is 2.27 bits per heavy atom.